The summed E-state index contributed by atoms with van der Waals surface area (Å²) in [4.78, 5) is 26.5. The molecule has 4 heteroatoms. The number of carbonyl (C=O) groups excluding carboxylic acids is 2. The molecule has 0 saturated heterocycles. The van der Waals surface area contributed by atoms with Gasteiger partial charge in [0.1, 0.15) is 11.5 Å². The van der Waals surface area contributed by atoms with Gasteiger partial charge in [-0.05, 0) is 42.7 Å². The van der Waals surface area contributed by atoms with Crippen molar-refractivity contribution in [2.45, 2.75) is 25.2 Å². The molecule has 0 saturated carbocycles. The van der Waals surface area contributed by atoms with Crippen LogP contribution in [0.5, 0.6) is 11.5 Å². The molecule has 0 radical (unpaired) electrons. The van der Waals surface area contributed by atoms with Crippen molar-refractivity contribution in [3.05, 3.63) is 112 Å². The molecule has 0 amide bonds. The Bertz CT molecular complexity index is 1320. The maximum Gasteiger partial charge on any atom is 0.192 e. The maximum atomic E-state index is 13.4. The summed E-state index contributed by atoms with van der Waals surface area (Å²) in [5, 5.41) is 3.47. The summed E-state index contributed by atoms with van der Waals surface area (Å²) in [6, 6.07) is 25.1. The number of hydrogen-bond acceptors (Lipinski definition) is 4. The summed E-state index contributed by atoms with van der Waals surface area (Å²) in [6.07, 6.45) is 2.18. The monoisotopic (exact) mass is 419 g/mol. The normalized spacial score (nSPS) is 19.3. The van der Waals surface area contributed by atoms with Crippen LogP contribution in [0.2, 0.25) is 0 Å². The lowest BCUT2D eigenvalue weighted by Crippen LogP contribution is -2.31. The van der Waals surface area contributed by atoms with Crippen LogP contribution < -0.4 is 10.1 Å². The molecule has 1 aliphatic heterocycles. The smallest absolute Gasteiger partial charge is 0.192 e. The number of dihydropyridines is 1. The topological polar surface area (TPSA) is 55.4 Å². The van der Waals surface area contributed by atoms with Crippen molar-refractivity contribution < 1.29 is 14.3 Å². The van der Waals surface area contributed by atoms with E-state index in [1.54, 1.807) is 0 Å². The SMILES string of the molecule is O=C1CCCC2=C1C(c1ccc(Oc3ccccc3)cc1)C1=C(N2)c2ccccc2C1=O. The van der Waals surface area contributed by atoms with E-state index in [9.17, 15) is 9.59 Å². The molecule has 3 aliphatic rings. The Hall–Kier alpha value is -3.92. The molecule has 0 aromatic heterocycles. The van der Waals surface area contributed by atoms with Gasteiger partial charge in [-0.1, -0.05) is 54.6 Å². The van der Waals surface area contributed by atoms with Gasteiger partial charge in [0.25, 0.3) is 0 Å². The lowest BCUT2D eigenvalue weighted by atomic mass is 9.75. The van der Waals surface area contributed by atoms with Crippen LogP contribution in [0, 0.1) is 0 Å². The quantitative estimate of drug-likeness (QED) is 0.585. The number of allylic oxidation sites excluding steroid dienone is 3. The minimum absolute atomic E-state index is 0.00244. The number of ketones is 2. The molecule has 3 aromatic carbocycles. The highest BCUT2D eigenvalue weighted by molar-refractivity contribution is 6.23. The number of para-hydroxylation sites is 1. The van der Waals surface area contributed by atoms with E-state index in [0.717, 1.165) is 46.7 Å². The number of Topliss-reactive ketones (excluding diaryl/α,β-unsaturated/α-hetero) is 2. The molecule has 1 N–H and O–H groups in total. The van der Waals surface area contributed by atoms with E-state index in [4.69, 9.17) is 4.74 Å². The molecule has 2 aliphatic carbocycles. The van der Waals surface area contributed by atoms with Crippen molar-refractivity contribution in [2.75, 3.05) is 0 Å². The Labute approximate surface area is 186 Å². The van der Waals surface area contributed by atoms with Crippen LogP contribution in [0.4, 0.5) is 0 Å². The molecule has 0 spiro atoms. The van der Waals surface area contributed by atoms with Gasteiger partial charge in [-0.25, -0.2) is 0 Å². The van der Waals surface area contributed by atoms with E-state index < -0.39 is 0 Å². The predicted molar refractivity (Wildman–Crippen MR) is 122 cm³/mol. The molecule has 0 bridgehead atoms. The van der Waals surface area contributed by atoms with E-state index in [1.807, 2.05) is 78.9 Å². The molecule has 0 fully saturated rings. The highest BCUT2D eigenvalue weighted by Gasteiger charge is 2.43. The van der Waals surface area contributed by atoms with E-state index >= 15 is 0 Å². The molecular weight excluding hydrogens is 398 g/mol. The second kappa shape index (κ2) is 7.34. The van der Waals surface area contributed by atoms with E-state index in [1.165, 1.54) is 0 Å². The first-order valence-corrected chi connectivity index (χ1v) is 10.9. The Balaban J connectivity index is 1.44. The van der Waals surface area contributed by atoms with Crippen molar-refractivity contribution in [1.29, 1.82) is 0 Å². The summed E-state index contributed by atoms with van der Waals surface area (Å²) < 4.78 is 5.94. The Kier molecular flexibility index (Phi) is 4.32. The second-order valence-corrected chi connectivity index (χ2v) is 8.37. The van der Waals surface area contributed by atoms with Gasteiger partial charge in [0.15, 0.2) is 11.6 Å². The average Bonchev–Trinajstić information content (AvgIpc) is 3.11. The van der Waals surface area contributed by atoms with E-state index in [0.29, 0.717) is 23.3 Å². The average molecular weight is 419 g/mol. The number of nitrogens with one attached hydrogen (secondary N) is 1. The molecule has 1 unspecified atom stereocenters. The lowest BCUT2D eigenvalue weighted by molar-refractivity contribution is -0.116. The van der Waals surface area contributed by atoms with Crippen molar-refractivity contribution in [1.82, 2.24) is 5.32 Å². The molecule has 3 aromatic rings. The molecule has 156 valence electrons. The zero-order valence-electron chi connectivity index (χ0n) is 17.4. The van der Waals surface area contributed by atoms with Crippen LogP contribution in [-0.2, 0) is 4.79 Å². The lowest BCUT2D eigenvalue weighted by Gasteiger charge is -2.33. The van der Waals surface area contributed by atoms with Crippen LogP contribution in [0.25, 0.3) is 5.70 Å². The predicted octanol–water partition coefficient (Wildman–Crippen LogP) is 5.78. The van der Waals surface area contributed by atoms with Gasteiger partial charge < -0.3 is 10.1 Å². The molecule has 32 heavy (non-hydrogen) atoms. The number of fused-ring (bicyclic) bond motifs is 2. The molecule has 6 rings (SSSR count). The molecule has 4 nitrogen and oxygen atoms in total. The fourth-order valence-corrected chi connectivity index (χ4v) is 5.02. The third-order valence-corrected chi connectivity index (χ3v) is 6.46. The van der Waals surface area contributed by atoms with Crippen LogP contribution in [0.1, 0.15) is 46.7 Å². The summed E-state index contributed by atoms with van der Waals surface area (Å²) in [5.74, 6) is 1.25. The fourth-order valence-electron chi connectivity index (χ4n) is 5.02. The second-order valence-electron chi connectivity index (χ2n) is 8.37. The minimum Gasteiger partial charge on any atom is -0.457 e. The summed E-state index contributed by atoms with van der Waals surface area (Å²) in [6.45, 7) is 0. The molecular formula is C28H21NO3. The van der Waals surface area contributed by atoms with Crippen LogP contribution >= 0.6 is 0 Å². The Morgan fingerprint density at radius 1 is 0.719 bits per heavy atom. The highest BCUT2D eigenvalue weighted by atomic mass is 16.5. The summed E-state index contributed by atoms with van der Waals surface area (Å²) in [5.41, 5.74) is 5.79. The van der Waals surface area contributed by atoms with Gasteiger partial charge in [0.2, 0.25) is 0 Å². The standard InChI is InChI=1S/C28H21NO3/c30-23-12-6-11-22-25(23)24(26-27(29-22)20-9-4-5-10-21(20)28(26)31)17-13-15-19(16-14-17)32-18-7-2-1-3-8-18/h1-5,7-10,13-16,24,29H,6,11-12H2. The number of hydrogen-bond donors (Lipinski definition) is 1. The van der Waals surface area contributed by atoms with Gasteiger partial charge in [-0.15, -0.1) is 0 Å². The van der Waals surface area contributed by atoms with Gasteiger partial charge >= 0.3 is 0 Å². The Morgan fingerprint density at radius 3 is 2.19 bits per heavy atom. The highest BCUT2D eigenvalue weighted by Crippen LogP contribution is 2.48. The molecule has 1 heterocycles. The van der Waals surface area contributed by atoms with Crippen LogP contribution in [0.15, 0.2) is 95.7 Å². The third kappa shape index (κ3) is 2.91. The third-order valence-electron chi connectivity index (χ3n) is 6.46. The summed E-state index contributed by atoms with van der Waals surface area (Å²) >= 11 is 0. The summed E-state index contributed by atoms with van der Waals surface area (Å²) in [7, 11) is 0. The minimum atomic E-state index is -0.361. The first-order chi connectivity index (χ1) is 15.7. The zero-order chi connectivity index (χ0) is 21.7. The fraction of sp³-hybridized carbons (Fsp3) is 0.143. The first kappa shape index (κ1) is 18.8. The van der Waals surface area contributed by atoms with Crippen molar-refractivity contribution in [3.8, 4) is 11.5 Å². The number of ether oxygens (including phenoxy) is 1. The number of benzene rings is 3. The first-order valence-electron chi connectivity index (χ1n) is 10.9. The maximum absolute atomic E-state index is 13.4. The molecule has 1 atom stereocenters. The van der Waals surface area contributed by atoms with Gasteiger partial charge in [-0.2, -0.15) is 0 Å². The van der Waals surface area contributed by atoms with Gasteiger partial charge in [-0.3, -0.25) is 9.59 Å². The van der Waals surface area contributed by atoms with Crippen molar-refractivity contribution in [2.24, 2.45) is 0 Å². The van der Waals surface area contributed by atoms with Gasteiger partial charge in [0.05, 0.1) is 5.70 Å². The van der Waals surface area contributed by atoms with E-state index in [2.05, 4.69) is 5.32 Å². The van der Waals surface area contributed by atoms with Crippen LogP contribution in [-0.4, -0.2) is 11.6 Å². The number of carbonyl (C=O) groups is 2. The zero-order valence-corrected chi connectivity index (χ0v) is 17.4. The van der Waals surface area contributed by atoms with E-state index in [-0.39, 0.29) is 17.5 Å². The van der Waals surface area contributed by atoms with Gasteiger partial charge in [0, 0.05) is 40.3 Å². The van der Waals surface area contributed by atoms with Crippen LogP contribution in [0.3, 0.4) is 0 Å². The van der Waals surface area contributed by atoms with Crippen molar-refractivity contribution >= 4 is 17.3 Å². The van der Waals surface area contributed by atoms with Crippen molar-refractivity contribution in [3.63, 3.8) is 0 Å². The largest absolute Gasteiger partial charge is 0.457 e. The Morgan fingerprint density at radius 2 is 1.41 bits per heavy atom. The number of rotatable bonds is 3.